The number of aliphatic imine (C=N–C) groups is 1. The van der Waals surface area contributed by atoms with Gasteiger partial charge in [0.05, 0.1) is 6.34 Å². The second kappa shape index (κ2) is 8.15. The van der Waals surface area contributed by atoms with Crippen molar-refractivity contribution >= 4 is 24.7 Å². The van der Waals surface area contributed by atoms with Gasteiger partial charge in [-0.2, -0.15) is 5.53 Å². The molecule has 0 spiro atoms. The Bertz CT molecular complexity index is 117. The summed E-state index contributed by atoms with van der Waals surface area (Å²) in [5.41, 5.74) is 4.33. The van der Waals surface area contributed by atoms with E-state index in [4.69, 9.17) is 10.9 Å². The van der Waals surface area contributed by atoms with E-state index in [1.165, 1.54) is 0 Å². The molecule has 0 aromatic carbocycles. The highest BCUT2D eigenvalue weighted by Gasteiger charge is 1.87. The first-order valence-electron chi connectivity index (χ1n) is 2.18. The lowest BCUT2D eigenvalue weighted by molar-refractivity contribution is -0.135. The zero-order valence-corrected chi connectivity index (χ0v) is 5.89. The van der Waals surface area contributed by atoms with Gasteiger partial charge in [0.2, 0.25) is 0 Å². The fourth-order valence-electron chi connectivity index (χ4n) is 0.207. The number of carboxylic acids is 1. The van der Waals surface area contributed by atoms with Crippen LogP contribution in [0.1, 0.15) is 0 Å². The van der Waals surface area contributed by atoms with Gasteiger partial charge in [-0.3, -0.25) is 21.1 Å². The molecule has 0 rings (SSSR count). The van der Waals surface area contributed by atoms with Gasteiger partial charge in [0.25, 0.3) is 0 Å². The highest BCUT2D eigenvalue weighted by atomic mass is 35.5. The van der Waals surface area contributed by atoms with Crippen molar-refractivity contribution in [1.82, 2.24) is 11.0 Å². The summed E-state index contributed by atoms with van der Waals surface area (Å²) in [6.07, 6.45) is 1.16. The number of carbonyl (C=O) groups is 1. The molecule has 0 aliphatic heterocycles. The van der Waals surface area contributed by atoms with Gasteiger partial charge in [0.1, 0.15) is 6.54 Å². The Morgan fingerprint density at radius 1 is 1.80 bits per heavy atom. The van der Waals surface area contributed by atoms with E-state index in [0.29, 0.717) is 0 Å². The Hall–Kier alpha value is -0.850. The molecule has 0 saturated heterocycles. The summed E-state index contributed by atoms with van der Waals surface area (Å²) in [4.78, 5) is 13.2. The van der Waals surface area contributed by atoms with E-state index in [2.05, 4.69) is 10.4 Å². The number of hydrogen-bond acceptors (Lipinski definition) is 4. The van der Waals surface area contributed by atoms with Crippen molar-refractivity contribution in [3.8, 4) is 0 Å². The maximum absolute atomic E-state index is 9.77. The number of nitrogens with one attached hydrogen (secondary N) is 2. The van der Waals surface area contributed by atoms with Crippen LogP contribution in [0.15, 0.2) is 4.99 Å². The number of halogens is 1. The predicted octanol–water partition coefficient (Wildman–Crippen LogP) is -1.51. The van der Waals surface area contributed by atoms with Gasteiger partial charge < -0.3 is 5.11 Å². The molecule has 0 aromatic rings. The highest BCUT2D eigenvalue weighted by molar-refractivity contribution is 5.85. The first kappa shape index (κ1) is 11.9. The van der Waals surface area contributed by atoms with Crippen LogP contribution in [0.5, 0.6) is 0 Å². The van der Waals surface area contributed by atoms with Gasteiger partial charge in [0, 0.05) is 0 Å². The quantitative estimate of drug-likeness (QED) is 0.177. The zero-order valence-electron chi connectivity index (χ0n) is 5.07. The molecular weight excluding hydrogens is 160 g/mol. The van der Waals surface area contributed by atoms with E-state index in [9.17, 15) is 4.79 Å². The third kappa shape index (κ3) is 10.2. The Kier molecular flexibility index (Phi) is 9.69. The van der Waals surface area contributed by atoms with Crippen LogP contribution < -0.4 is 16.8 Å². The van der Waals surface area contributed by atoms with E-state index >= 15 is 0 Å². The summed E-state index contributed by atoms with van der Waals surface area (Å²) in [7, 11) is 0. The van der Waals surface area contributed by atoms with Crippen molar-refractivity contribution in [2.24, 2.45) is 10.8 Å². The predicted molar refractivity (Wildman–Crippen MR) is 38.7 cm³/mol. The average molecular weight is 169 g/mol. The van der Waals surface area contributed by atoms with Crippen molar-refractivity contribution in [3.05, 3.63) is 0 Å². The molecule has 6 nitrogen and oxygen atoms in total. The smallest absolute Gasteiger partial charge is 0.325 e. The van der Waals surface area contributed by atoms with Crippen molar-refractivity contribution in [2.45, 2.75) is 0 Å². The Labute approximate surface area is 63.9 Å². The van der Waals surface area contributed by atoms with Gasteiger partial charge in [0.15, 0.2) is 0 Å². The van der Waals surface area contributed by atoms with Crippen LogP contribution in [0.2, 0.25) is 0 Å². The first-order chi connectivity index (χ1) is 4.27. The van der Waals surface area contributed by atoms with Crippen molar-refractivity contribution in [3.63, 3.8) is 0 Å². The van der Waals surface area contributed by atoms with Crippen molar-refractivity contribution < 1.29 is 9.90 Å². The summed E-state index contributed by atoms with van der Waals surface area (Å²) in [5, 5.41) is 8.02. The molecule has 7 heteroatoms. The summed E-state index contributed by atoms with van der Waals surface area (Å²) < 4.78 is 0. The van der Waals surface area contributed by atoms with Gasteiger partial charge >= 0.3 is 5.97 Å². The number of hydrazine groups is 2. The van der Waals surface area contributed by atoms with Crippen LogP contribution in [-0.2, 0) is 4.79 Å². The number of hydrogen-bond donors (Lipinski definition) is 4. The maximum atomic E-state index is 9.77. The molecule has 0 radical (unpaired) electrons. The van der Waals surface area contributed by atoms with Crippen LogP contribution in [0.4, 0.5) is 0 Å². The Morgan fingerprint density at radius 3 is 2.80 bits per heavy atom. The molecule has 0 aromatic heterocycles. The normalized spacial score (nSPS) is 8.90. The lowest BCUT2D eigenvalue weighted by Crippen LogP contribution is -2.36. The number of nitrogens with zero attached hydrogens (tertiary/aromatic N) is 1. The molecule has 0 bridgehead atoms. The molecule has 10 heavy (non-hydrogen) atoms. The summed E-state index contributed by atoms with van der Waals surface area (Å²) in [6, 6.07) is 0. The molecule has 0 saturated carbocycles. The van der Waals surface area contributed by atoms with Gasteiger partial charge in [-0.1, -0.05) is 0 Å². The van der Waals surface area contributed by atoms with Crippen molar-refractivity contribution in [2.75, 3.05) is 6.54 Å². The van der Waals surface area contributed by atoms with Crippen LogP contribution >= 0.6 is 12.4 Å². The minimum atomic E-state index is -0.981. The Morgan fingerprint density at radius 2 is 2.40 bits per heavy atom. The molecule has 0 fully saturated rings. The third-order valence-electron chi connectivity index (χ3n) is 0.466. The minimum Gasteiger partial charge on any atom is -0.480 e. The number of carboxylic acid groups (broad SMARTS) is 1. The van der Waals surface area contributed by atoms with E-state index in [0.717, 1.165) is 6.34 Å². The van der Waals surface area contributed by atoms with Crippen LogP contribution in [0.25, 0.3) is 0 Å². The lowest BCUT2D eigenvalue weighted by Gasteiger charge is -1.90. The fourth-order valence-corrected chi connectivity index (χ4v) is 0.207. The van der Waals surface area contributed by atoms with Gasteiger partial charge in [-0.25, -0.2) is 0 Å². The highest BCUT2D eigenvalue weighted by Crippen LogP contribution is 1.63. The van der Waals surface area contributed by atoms with Gasteiger partial charge in [-0.15, -0.1) is 12.4 Å². The molecular formula is C3H9ClN4O2. The third-order valence-corrected chi connectivity index (χ3v) is 0.466. The molecule has 60 valence electrons. The zero-order chi connectivity index (χ0) is 7.11. The second-order valence-electron chi connectivity index (χ2n) is 1.15. The summed E-state index contributed by atoms with van der Waals surface area (Å²) in [6.45, 7) is -0.255. The number of rotatable bonds is 4. The molecule has 5 N–H and O–H groups in total. The molecule has 0 heterocycles. The second-order valence-corrected chi connectivity index (χ2v) is 1.15. The van der Waals surface area contributed by atoms with E-state index in [1.54, 1.807) is 0 Å². The topological polar surface area (TPSA) is 99.7 Å². The minimum absolute atomic E-state index is 0. The van der Waals surface area contributed by atoms with E-state index in [-0.39, 0.29) is 19.0 Å². The number of aliphatic carboxylic acids is 1. The van der Waals surface area contributed by atoms with Crippen LogP contribution in [0, 0.1) is 0 Å². The largest absolute Gasteiger partial charge is 0.480 e. The first-order valence-corrected chi connectivity index (χ1v) is 2.18. The maximum Gasteiger partial charge on any atom is 0.325 e. The summed E-state index contributed by atoms with van der Waals surface area (Å²) in [5.74, 6) is 3.76. The standard InChI is InChI=1S/C3H8N4O2.ClH/c4-7-6-2-5-1-3(8)9;/h2,7H,1,4H2,(H,5,6)(H,8,9);1H. The summed E-state index contributed by atoms with van der Waals surface area (Å²) >= 11 is 0. The monoisotopic (exact) mass is 168 g/mol. The Balaban J connectivity index is 0. The average Bonchev–Trinajstić information content (AvgIpc) is 1.80. The molecule has 0 atom stereocenters. The van der Waals surface area contributed by atoms with Gasteiger partial charge in [-0.05, 0) is 0 Å². The molecule has 0 unspecified atom stereocenters. The van der Waals surface area contributed by atoms with E-state index < -0.39 is 5.97 Å². The molecule has 0 amide bonds. The van der Waals surface area contributed by atoms with Crippen molar-refractivity contribution in [1.29, 1.82) is 0 Å². The molecule has 0 aliphatic carbocycles. The lowest BCUT2D eigenvalue weighted by atomic mass is 10.7. The number of nitrogens with two attached hydrogens (primary N) is 1. The molecule has 0 aliphatic rings. The van der Waals surface area contributed by atoms with E-state index in [1.807, 2.05) is 5.53 Å². The van der Waals surface area contributed by atoms with Crippen LogP contribution in [-0.4, -0.2) is 24.0 Å². The van der Waals surface area contributed by atoms with Crippen LogP contribution in [0.3, 0.4) is 0 Å². The fraction of sp³-hybridized carbons (Fsp3) is 0.333. The SMILES string of the molecule is Cl.NNNC=NCC(=O)O.